The van der Waals surface area contributed by atoms with E-state index in [0.717, 1.165) is 29.5 Å². The number of aryl methyl sites for hydroxylation is 2. The highest BCUT2D eigenvalue weighted by Crippen LogP contribution is 2.30. The van der Waals surface area contributed by atoms with Crippen molar-refractivity contribution >= 4 is 5.69 Å². The second-order valence-corrected chi connectivity index (χ2v) is 5.96. The van der Waals surface area contributed by atoms with Crippen LogP contribution in [-0.4, -0.2) is 11.7 Å². The Balaban J connectivity index is 1.92. The van der Waals surface area contributed by atoms with Crippen LogP contribution in [0.4, 0.5) is 5.69 Å². The summed E-state index contributed by atoms with van der Waals surface area (Å²) in [5, 5.41) is 13.2. The fraction of sp³-hybridized carbons (Fsp3) is 0.625. The Morgan fingerprint density at radius 1 is 1.11 bits per heavy atom. The minimum Gasteiger partial charge on any atom is -0.508 e. The second-order valence-electron chi connectivity index (χ2n) is 5.96. The normalized spacial score (nSPS) is 23.9. The maximum Gasteiger partial charge on any atom is 0.118 e. The summed E-state index contributed by atoms with van der Waals surface area (Å²) in [5.74, 6) is 2.12. The summed E-state index contributed by atoms with van der Waals surface area (Å²) < 4.78 is 0. The van der Waals surface area contributed by atoms with E-state index < -0.39 is 0 Å². The van der Waals surface area contributed by atoms with Crippen molar-refractivity contribution in [1.82, 2.24) is 0 Å². The van der Waals surface area contributed by atoms with Gasteiger partial charge in [-0.25, -0.2) is 0 Å². The first-order valence-electron chi connectivity index (χ1n) is 7.10. The first-order valence-corrected chi connectivity index (χ1v) is 7.10. The lowest BCUT2D eigenvalue weighted by atomic mass is 9.83. The lowest BCUT2D eigenvalue weighted by Crippen LogP contribution is -2.20. The third kappa shape index (κ3) is 3.18. The fourth-order valence-corrected chi connectivity index (χ4v) is 2.78. The Morgan fingerprint density at radius 3 is 2.44 bits per heavy atom. The maximum atomic E-state index is 9.64. The van der Waals surface area contributed by atoms with Crippen molar-refractivity contribution in [3.05, 3.63) is 23.3 Å². The largest absolute Gasteiger partial charge is 0.508 e. The molecule has 0 aromatic heterocycles. The number of anilines is 1. The van der Waals surface area contributed by atoms with E-state index >= 15 is 0 Å². The quantitative estimate of drug-likeness (QED) is 0.783. The molecule has 2 rings (SSSR count). The van der Waals surface area contributed by atoms with Crippen LogP contribution in [0.5, 0.6) is 5.75 Å². The molecule has 1 aromatic carbocycles. The molecule has 1 fully saturated rings. The Bertz CT molecular complexity index is 406. The number of hydrogen-bond donors (Lipinski definition) is 2. The zero-order chi connectivity index (χ0) is 13.1. The smallest absolute Gasteiger partial charge is 0.118 e. The SMILES string of the molecule is Cc1cc(NCC2CCC(C)CC2)c(C)cc1O. The summed E-state index contributed by atoms with van der Waals surface area (Å²) in [6.07, 6.45) is 5.45. The highest BCUT2D eigenvalue weighted by Gasteiger charge is 2.18. The van der Waals surface area contributed by atoms with Crippen LogP contribution in [0.3, 0.4) is 0 Å². The Hall–Kier alpha value is -1.18. The number of nitrogens with one attached hydrogen (secondary N) is 1. The molecule has 0 heterocycles. The highest BCUT2D eigenvalue weighted by molar-refractivity contribution is 5.56. The predicted molar refractivity (Wildman–Crippen MR) is 77.2 cm³/mol. The predicted octanol–water partition coefficient (Wildman–Crippen LogP) is 4.25. The third-order valence-electron chi connectivity index (χ3n) is 4.26. The summed E-state index contributed by atoms with van der Waals surface area (Å²) in [6, 6.07) is 3.90. The van der Waals surface area contributed by atoms with E-state index in [2.05, 4.69) is 18.3 Å². The topological polar surface area (TPSA) is 32.3 Å². The van der Waals surface area contributed by atoms with Gasteiger partial charge in [-0.3, -0.25) is 0 Å². The van der Waals surface area contributed by atoms with Gasteiger partial charge in [-0.05, 0) is 61.8 Å². The molecule has 1 aliphatic carbocycles. The van der Waals surface area contributed by atoms with Crippen molar-refractivity contribution in [2.45, 2.75) is 46.5 Å². The van der Waals surface area contributed by atoms with E-state index in [1.165, 1.54) is 31.4 Å². The number of benzene rings is 1. The van der Waals surface area contributed by atoms with Crippen LogP contribution in [0, 0.1) is 25.7 Å². The average Bonchev–Trinajstić information content (AvgIpc) is 2.34. The summed E-state index contributed by atoms with van der Waals surface area (Å²) in [6.45, 7) is 7.42. The van der Waals surface area contributed by atoms with E-state index in [9.17, 15) is 5.11 Å². The Morgan fingerprint density at radius 2 is 1.78 bits per heavy atom. The van der Waals surface area contributed by atoms with Gasteiger partial charge in [-0.1, -0.05) is 19.8 Å². The first kappa shape index (κ1) is 13.3. The van der Waals surface area contributed by atoms with Gasteiger partial charge in [0.1, 0.15) is 5.75 Å². The molecule has 2 heteroatoms. The molecule has 0 radical (unpaired) electrons. The third-order valence-corrected chi connectivity index (χ3v) is 4.26. The molecule has 0 amide bonds. The molecule has 0 spiro atoms. The minimum absolute atomic E-state index is 0.393. The van der Waals surface area contributed by atoms with Gasteiger partial charge in [0.15, 0.2) is 0 Å². The molecule has 0 unspecified atom stereocenters. The Kier molecular flexibility index (Phi) is 4.15. The van der Waals surface area contributed by atoms with Crippen molar-refractivity contribution in [2.24, 2.45) is 11.8 Å². The summed E-state index contributed by atoms with van der Waals surface area (Å²) >= 11 is 0. The molecule has 2 nitrogen and oxygen atoms in total. The molecule has 18 heavy (non-hydrogen) atoms. The van der Waals surface area contributed by atoms with E-state index in [-0.39, 0.29) is 0 Å². The fourth-order valence-electron chi connectivity index (χ4n) is 2.78. The number of hydrogen-bond acceptors (Lipinski definition) is 2. The van der Waals surface area contributed by atoms with Gasteiger partial charge in [0.25, 0.3) is 0 Å². The molecule has 0 bridgehead atoms. The van der Waals surface area contributed by atoms with E-state index in [0.29, 0.717) is 5.75 Å². The van der Waals surface area contributed by atoms with Gasteiger partial charge in [0.05, 0.1) is 0 Å². The zero-order valence-electron chi connectivity index (χ0n) is 11.8. The van der Waals surface area contributed by atoms with Gasteiger partial charge in [-0.15, -0.1) is 0 Å². The second kappa shape index (κ2) is 5.64. The van der Waals surface area contributed by atoms with Crippen LogP contribution in [0.25, 0.3) is 0 Å². The summed E-state index contributed by atoms with van der Waals surface area (Å²) in [5.41, 5.74) is 3.24. The highest BCUT2D eigenvalue weighted by atomic mass is 16.3. The molecular formula is C16H25NO. The van der Waals surface area contributed by atoms with Crippen LogP contribution >= 0.6 is 0 Å². The van der Waals surface area contributed by atoms with Crippen molar-refractivity contribution in [3.8, 4) is 5.75 Å². The van der Waals surface area contributed by atoms with E-state index in [4.69, 9.17) is 0 Å². The maximum absolute atomic E-state index is 9.64. The molecule has 1 saturated carbocycles. The zero-order valence-corrected chi connectivity index (χ0v) is 11.8. The monoisotopic (exact) mass is 247 g/mol. The van der Waals surface area contributed by atoms with Crippen molar-refractivity contribution in [3.63, 3.8) is 0 Å². The number of rotatable bonds is 3. The number of phenolic OH excluding ortho intramolecular Hbond substituents is 1. The van der Waals surface area contributed by atoms with Crippen LogP contribution in [-0.2, 0) is 0 Å². The number of phenols is 1. The van der Waals surface area contributed by atoms with E-state index in [1.807, 2.05) is 19.9 Å². The first-order chi connectivity index (χ1) is 8.56. The number of aromatic hydroxyl groups is 1. The molecule has 1 aliphatic rings. The molecule has 0 atom stereocenters. The molecule has 0 aliphatic heterocycles. The Labute approximate surface area is 110 Å². The minimum atomic E-state index is 0.393. The standard InChI is InChI=1S/C16H25NO/c1-11-4-6-14(7-5-11)10-17-15-8-13(3)16(18)9-12(15)2/h8-9,11,14,17-18H,4-7,10H2,1-3H3. The van der Waals surface area contributed by atoms with E-state index in [1.54, 1.807) is 0 Å². The molecule has 2 N–H and O–H groups in total. The van der Waals surface area contributed by atoms with Gasteiger partial charge >= 0.3 is 0 Å². The van der Waals surface area contributed by atoms with Gasteiger partial charge in [0.2, 0.25) is 0 Å². The van der Waals surface area contributed by atoms with Crippen LogP contribution in [0.2, 0.25) is 0 Å². The molecule has 100 valence electrons. The lowest BCUT2D eigenvalue weighted by molar-refractivity contribution is 0.300. The van der Waals surface area contributed by atoms with Gasteiger partial charge < -0.3 is 10.4 Å². The molecular weight excluding hydrogens is 222 g/mol. The summed E-state index contributed by atoms with van der Waals surface area (Å²) in [4.78, 5) is 0. The van der Waals surface area contributed by atoms with Gasteiger partial charge in [0, 0.05) is 12.2 Å². The molecule has 1 aromatic rings. The van der Waals surface area contributed by atoms with Crippen molar-refractivity contribution in [2.75, 3.05) is 11.9 Å². The van der Waals surface area contributed by atoms with Crippen molar-refractivity contribution < 1.29 is 5.11 Å². The van der Waals surface area contributed by atoms with Crippen molar-refractivity contribution in [1.29, 1.82) is 0 Å². The van der Waals surface area contributed by atoms with Crippen LogP contribution < -0.4 is 5.32 Å². The summed E-state index contributed by atoms with van der Waals surface area (Å²) in [7, 11) is 0. The lowest BCUT2D eigenvalue weighted by Gasteiger charge is -2.27. The van der Waals surface area contributed by atoms with Gasteiger partial charge in [-0.2, -0.15) is 0 Å². The van der Waals surface area contributed by atoms with Crippen LogP contribution in [0.1, 0.15) is 43.7 Å². The average molecular weight is 247 g/mol. The molecule has 0 saturated heterocycles. The van der Waals surface area contributed by atoms with Crippen LogP contribution in [0.15, 0.2) is 12.1 Å².